The molecule has 2 heterocycles. The normalized spacial score (nSPS) is 18.2. The van der Waals surface area contributed by atoms with Gasteiger partial charge in [-0.3, -0.25) is 4.79 Å². The number of anilines is 1. The number of para-hydroxylation sites is 1. The molecule has 4 nitrogen and oxygen atoms in total. The maximum absolute atomic E-state index is 12.3. The number of rotatable bonds is 1. The number of benzene rings is 1. The van der Waals surface area contributed by atoms with Crippen molar-refractivity contribution < 1.29 is 4.79 Å². The minimum absolute atomic E-state index is 0.00236. The molecule has 1 atom stereocenters. The Bertz CT molecular complexity index is 553. The van der Waals surface area contributed by atoms with Gasteiger partial charge in [0.15, 0.2) is 0 Å². The molecule has 1 aliphatic heterocycles. The van der Waals surface area contributed by atoms with Gasteiger partial charge in [0.1, 0.15) is 4.88 Å². The Morgan fingerprint density at radius 1 is 1.47 bits per heavy atom. The molecule has 86 valence electrons. The highest BCUT2D eigenvalue weighted by Crippen LogP contribution is 2.33. The topological polar surface area (TPSA) is 46.1 Å². The number of amides is 1. The fourth-order valence-corrected chi connectivity index (χ4v) is 2.71. The smallest absolute Gasteiger partial charge is 0.271 e. The number of carbonyl (C=O) groups excluding carboxylic acids is 1. The molecule has 0 saturated heterocycles. The van der Waals surface area contributed by atoms with E-state index in [9.17, 15) is 4.79 Å². The van der Waals surface area contributed by atoms with E-state index in [0.717, 1.165) is 23.6 Å². The molecule has 0 bridgehead atoms. The van der Waals surface area contributed by atoms with E-state index in [1.54, 1.807) is 0 Å². The summed E-state index contributed by atoms with van der Waals surface area (Å²) in [6.45, 7) is 2.06. The zero-order valence-corrected chi connectivity index (χ0v) is 10.1. The molecule has 2 aromatic rings. The van der Waals surface area contributed by atoms with Gasteiger partial charge in [-0.15, -0.1) is 5.10 Å². The molecular formula is C12H11N3OS. The van der Waals surface area contributed by atoms with Crippen molar-refractivity contribution in [2.24, 2.45) is 0 Å². The van der Waals surface area contributed by atoms with Gasteiger partial charge in [-0.2, -0.15) is 0 Å². The molecular weight excluding hydrogens is 234 g/mol. The predicted octanol–water partition coefficient (Wildman–Crippen LogP) is 2.13. The Morgan fingerprint density at radius 3 is 3.06 bits per heavy atom. The van der Waals surface area contributed by atoms with Crippen molar-refractivity contribution >= 4 is 23.1 Å². The van der Waals surface area contributed by atoms with Gasteiger partial charge in [0.05, 0.1) is 6.20 Å². The second-order valence-corrected chi connectivity index (χ2v) is 4.92. The van der Waals surface area contributed by atoms with Crippen LogP contribution < -0.4 is 4.90 Å². The summed E-state index contributed by atoms with van der Waals surface area (Å²) < 4.78 is 3.74. The average molecular weight is 245 g/mol. The Hall–Kier alpha value is -1.75. The second kappa shape index (κ2) is 3.92. The van der Waals surface area contributed by atoms with Gasteiger partial charge < -0.3 is 4.90 Å². The van der Waals surface area contributed by atoms with Crippen LogP contribution in [0.3, 0.4) is 0 Å². The van der Waals surface area contributed by atoms with Crippen LogP contribution in [0.15, 0.2) is 30.5 Å². The van der Waals surface area contributed by atoms with Gasteiger partial charge in [-0.05, 0) is 36.5 Å². The van der Waals surface area contributed by atoms with E-state index in [-0.39, 0.29) is 11.9 Å². The van der Waals surface area contributed by atoms with Crippen molar-refractivity contribution in [2.45, 2.75) is 19.4 Å². The highest BCUT2D eigenvalue weighted by atomic mass is 32.1. The summed E-state index contributed by atoms with van der Waals surface area (Å²) in [5.74, 6) is -0.00236. The number of nitrogens with zero attached hydrogens (tertiary/aromatic N) is 3. The molecule has 0 spiro atoms. The molecule has 3 rings (SSSR count). The van der Waals surface area contributed by atoms with Gasteiger partial charge >= 0.3 is 0 Å². The van der Waals surface area contributed by atoms with Crippen LogP contribution in [0, 0.1) is 0 Å². The molecule has 0 aliphatic carbocycles. The molecule has 1 unspecified atom stereocenters. The van der Waals surface area contributed by atoms with Crippen LogP contribution in [0.25, 0.3) is 0 Å². The molecule has 1 aromatic heterocycles. The van der Waals surface area contributed by atoms with Crippen LogP contribution >= 0.6 is 11.5 Å². The number of aromatic nitrogens is 2. The van der Waals surface area contributed by atoms with Gasteiger partial charge in [-0.1, -0.05) is 22.7 Å². The van der Waals surface area contributed by atoms with Crippen molar-refractivity contribution in [3.8, 4) is 0 Å². The fraction of sp³-hybridized carbons (Fsp3) is 0.250. The van der Waals surface area contributed by atoms with Gasteiger partial charge in [-0.25, -0.2) is 0 Å². The van der Waals surface area contributed by atoms with E-state index in [0.29, 0.717) is 4.88 Å². The maximum Gasteiger partial charge on any atom is 0.271 e. The molecule has 17 heavy (non-hydrogen) atoms. The minimum atomic E-state index is -0.00236. The number of carbonyl (C=O) groups is 1. The van der Waals surface area contributed by atoms with Crippen LogP contribution in [-0.2, 0) is 6.42 Å². The van der Waals surface area contributed by atoms with Gasteiger partial charge in [0.2, 0.25) is 0 Å². The summed E-state index contributed by atoms with van der Waals surface area (Å²) in [6, 6.07) is 8.23. The maximum atomic E-state index is 12.3. The number of fused-ring (bicyclic) bond motifs is 1. The summed E-state index contributed by atoms with van der Waals surface area (Å²) in [5.41, 5.74) is 2.24. The minimum Gasteiger partial charge on any atom is -0.304 e. The van der Waals surface area contributed by atoms with Crippen molar-refractivity contribution in [1.29, 1.82) is 0 Å². The summed E-state index contributed by atoms with van der Waals surface area (Å²) >= 11 is 1.14. The van der Waals surface area contributed by atoms with Crippen LogP contribution in [0.2, 0.25) is 0 Å². The van der Waals surface area contributed by atoms with E-state index in [1.165, 1.54) is 11.8 Å². The third-order valence-electron chi connectivity index (χ3n) is 3.00. The Morgan fingerprint density at radius 2 is 2.29 bits per heavy atom. The first-order chi connectivity index (χ1) is 8.27. The first-order valence-electron chi connectivity index (χ1n) is 5.46. The molecule has 1 aromatic carbocycles. The lowest BCUT2D eigenvalue weighted by atomic mass is 10.1. The van der Waals surface area contributed by atoms with Crippen molar-refractivity contribution in [3.63, 3.8) is 0 Å². The summed E-state index contributed by atoms with van der Waals surface area (Å²) in [4.78, 5) is 14.8. The lowest BCUT2D eigenvalue weighted by Crippen LogP contribution is -2.35. The van der Waals surface area contributed by atoms with Gasteiger partial charge in [0, 0.05) is 11.7 Å². The average Bonchev–Trinajstić information content (AvgIpc) is 2.94. The third-order valence-corrected chi connectivity index (χ3v) is 3.65. The molecule has 1 aliphatic rings. The van der Waals surface area contributed by atoms with Crippen LogP contribution in [0.4, 0.5) is 5.69 Å². The number of hydrogen-bond donors (Lipinski definition) is 0. The first-order valence-corrected chi connectivity index (χ1v) is 6.23. The van der Waals surface area contributed by atoms with E-state index in [2.05, 4.69) is 22.6 Å². The standard InChI is InChI=1S/C12H11N3OS/c1-8-6-9-4-2-3-5-10(9)15(8)12(16)11-7-13-14-17-11/h2-5,7-8H,6H2,1H3. The number of hydrogen-bond acceptors (Lipinski definition) is 4. The second-order valence-electron chi connectivity index (χ2n) is 4.14. The van der Waals surface area contributed by atoms with Crippen molar-refractivity contribution in [1.82, 2.24) is 9.59 Å². The molecule has 1 amide bonds. The lowest BCUT2D eigenvalue weighted by Gasteiger charge is -2.21. The van der Waals surface area contributed by atoms with E-state index in [1.807, 2.05) is 23.1 Å². The molecule has 0 N–H and O–H groups in total. The monoisotopic (exact) mass is 245 g/mol. The Kier molecular flexibility index (Phi) is 2.40. The van der Waals surface area contributed by atoms with E-state index in [4.69, 9.17) is 0 Å². The molecule has 0 radical (unpaired) electrons. The van der Waals surface area contributed by atoms with Crippen LogP contribution in [0.5, 0.6) is 0 Å². The largest absolute Gasteiger partial charge is 0.304 e. The van der Waals surface area contributed by atoms with Crippen molar-refractivity contribution in [3.05, 3.63) is 40.9 Å². The van der Waals surface area contributed by atoms with E-state index < -0.39 is 0 Å². The highest BCUT2D eigenvalue weighted by molar-refractivity contribution is 7.07. The van der Waals surface area contributed by atoms with Crippen LogP contribution in [-0.4, -0.2) is 21.5 Å². The first kappa shape index (κ1) is 10.4. The molecule has 0 fully saturated rings. The van der Waals surface area contributed by atoms with Gasteiger partial charge in [0.25, 0.3) is 5.91 Å². The Balaban J connectivity index is 2.01. The Labute approximate surface area is 103 Å². The fourth-order valence-electron chi connectivity index (χ4n) is 2.26. The predicted molar refractivity (Wildman–Crippen MR) is 66.3 cm³/mol. The zero-order valence-electron chi connectivity index (χ0n) is 9.33. The third kappa shape index (κ3) is 1.63. The van der Waals surface area contributed by atoms with Crippen molar-refractivity contribution in [2.75, 3.05) is 4.90 Å². The molecule has 0 saturated carbocycles. The lowest BCUT2D eigenvalue weighted by molar-refractivity contribution is 0.0985. The summed E-state index contributed by atoms with van der Waals surface area (Å²) in [7, 11) is 0. The quantitative estimate of drug-likeness (QED) is 0.773. The summed E-state index contributed by atoms with van der Waals surface area (Å²) in [6.07, 6.45) is 2.44. The van der Waals surface area contributed by atoms with E-state index >= 15 is 0 Å². The van der Waals surface area contributed by atoms with Crippen LogP contribution in [0.1, 0.15) is 22.2 Å². The SMILES string of the molecule is CC1Cc2ccccc2N1C(=O)c1cnns1. The summed E-state index contributed by atoms with van der Waals surface area (Å²) in [5, 5.41) is 3.72. The zero-order chi connectivity index (χ0) is 11.8. The highest BCUT2D eigenvalue weighted by Gasteiger charge is 2.31. The molecule has 5 heteroatoms.